The molecule has 4 nitrogen and oxygen atoms in total. The highest BCUT2D eigenvalue weighted by atomic mass is 32.2. The van der Waals surface area contributed by atoms with E-state index in [0.29, 0.717) is 22.8 Å². The molecule has 1 heterocycles. The van der Waals surface area contributed by atoms with Crippen LogP contribution in [0.5, 0.6) is 5.75 Å². The predicted octanol–water partition coefficient (Wildman–Crippen LogP) is 4.90. The van der Waals surface area contributed by atoms with Gasteiger partial charge in [0.05, 0.1) is 17.1 Å². The number of thioether (sulfide) groups is 1. The van der Waals surface area contributed by atoms with Gasteiger partial charge in [0.15, 0.2) is 0 Å². The Labute approximate surface area is 170 Å². The maximum atomic E-state index is 13.0. The highest BCUT2D eigenvalue weighted by Crippen LogP contribution is 2.38. The first kappa shape index (κ1) is 20.2. The van der Waals surface area contributed by atoms with Crippen molar-refractivity contribution in [2.45, 2.75) is 39.0 Å². The minimum absolute atomic E-state index is 0.183. The van der Waals surface area contributed by atoms with Crippen LogP contribution < -0.4 is 4.74 Å². The summed E-state index contributed by atoms with van der Waals surface area (Å²) in [4.78, 5) is 27.9. The number of benzene rings is 2. The minimum Gasteiger partial charge on any atom is -0.494 e. The fourth-order valence-electron chi connectivity index (χ4n) is 3.05. The van der Waals surface area contributed by atoms with Gasteiger partial charge in [-0.2, -0.15) is 0 Å². The highest BCUT2D eigenvalue weighted by Gasteiger charge is 2.40. The number of nitrogens with zero attached hydrogens (tertiary/aromatic N) is 1. The lowest BCUT2D eigenvalue weighted by atomic mass is 10.1. The Morgan fingerprint density at radius 3 is 2.25 bits per heavy atom. The summed E-state index contributed by atoms with van der Waals surface area (Å²) in [7, 11) is 0. The first-order valence-corrected chi connectivity index (χ1v) is 10.5. The van der Waals surface area contributed by atoms with E-state index in [4.69, 9.17) is 4.74 Å². The van der Waals surface area contributed by atoms with Gasteiger partial charge in [0.1, 0.15) is 5.75 Å². The third kappa shape index (κ3) is 4.30. The summed E-state index contributed by atoms with van der Waals surface area (Å²) in [5.41, 5.74) is 2.36. The second kappa shape index (κ2) is 9.11. The number of hydrogen-bond acceptors (Lipinski definition) is 4. The third-order valence-electron chi connectivity index (χ3n) is 4.43. The van der Waals surface area contributed by atoms with Crippen LogP contribution in [-0.4, -0.2) is 29.4 Å². The van der Waals surface area contributed by atoms with Crippen molar-refractivity contribution in [1.29, 1.82) is 0 Å². The van der Waals surface area contributed by atoms with Crippen molar-refractivity contribution in [1.82, 2.24) is 4.90 Å². The molecule has 2 aromatic rings. The Bertz CT molecular complexity index is 872. The van der Waals surface area contributed by atoms with Gasteiger partial charge in [0.2, 0.25) is 0 Å². The lowest BCUT2D eigenvalue weighted by Crippen LogP contribution is -2.37. The third-order valence-corrected chi connectivity index (χ3v) is 5.58. The molecule has 0 spiro atoms. The Kier molecular flexibility index (Phi) is 6.57. The van der Waals surface area contributed by atoms with Crippen LogP contribution in [0.2, 0.25) is 0 Å². The number of ether oxygens (including phenoxy) is 1. The maximum Gasteiger partial charge on any atom is 0.268 e. The largest absolute Gasteiger partial charge is 0.494 e. The van der Waals surface area contributed by atoms with E-state index in [-0.39, 0.29) is 17.9 Å². The summed E-state index contributed by atoms with van der Waals surface area (Å²) in [5.74, 6) is 0.977. The molecule has 0 aromatic heterocycles. The number of hydrogen-bond donors (Lipinski definition) is 0. The van der Waals surface area contributed by atoms with Crippen molar-refractivity contribution >= 4 is 29.1 Å². The van der Waals surface area contributed by atoms with Gasteiger partial charge in [0.25, 0.3) is 11.8 Å². The molecular weight excluding hydrogens is 370 g/mol. The van der Waals surface area contributed by atoms with Crippen LogP contribution in [0, 0.1) is 0 Å². The van der Waals surface area contributed by atoms with E-state index in [1.807, 2.05) is 68.4 Å². The minimum atomic E-state index is -0.224. The quantitative estimate of drug-likeness (QED) is 0.597. The molecule has 1 aliphatic rings. The molecule has 146 valence electrons. The smallest absolute Gasteiger partial charge is 0.268 e. The van der Waals surface area contributed by atoms with E-state index in [1.54, 1.807) is 0 Å². The molecule has 3 rings (SSSR count). The fourth-order valence-corrected chi connectivity index (χ4v) is 4.13. The van der Waals surface area contributed by atoms with E-state index in [1.165, 1.54) is 16.7 Å². The first-order valence-electron chi connectivity index (χ1n) is 9.55. The number of rotatable bonds is 8. The van der Waals surface area contributed by atoms with Crippen LogP contribution in [0.25, 0.3) is 5.57 Å². The summed E-state index contributed by atoms with van der Waals surface area (Å²) >= 11 is 1.43. The summed E-state index contributed by atoms with van der Waals surface area (Å²) in [6.45, 7) is 6.43. The topological polar surface area (TPSA) is 46.6 Å². The molecule has 0 saturated carbocycles. The molecule has 0 saturated heterocycles. The van der Waals surface area contributed by atoms with Crippen molar-refractivity contribution in [3.63, 3.8) is 0 Å². The molecule has 2 amide bonds. The Hall–Kier alpha value is -2.53. The van der Waals surface area contributed by atoms with Crippen LogP contribution in [-0.2, 0) is 15.3 Å². The van der Waals surface area contributed by atoms with Crippen LogP contribution in [0.15, 0.2) is 59.5 Å². The van der Waals surface area contributed by atoms with Crippen molar-refractivity contribution < 1.29 is 14.3 Å². The zero-order chi connectivity index (χ0) is 20.1. The lowest BCUT2D eigenvalue weighted by Gasteiger charge is -2.19. The molecule has 0 radical (unpaired) electrons. The van der Waals surface area contributed by atoms with E-state index in [2.05, 4.69) is 6.92 Å². The predicted molar refractivity (Wildman–Crippen MR) is 114 cm³/mol. The second-order valence-electron chi connectivity index (χ2n) is 6.93. The Balaban J connectivity index is 1.92. The SMILES string of the molecule is CCCOc1ccc(C2=C(SCc3ccccc3)C(=O)N(C(C)C)C2=O)cc1. The molecule has 2 aromatic carbocycles. The molecule has 5 heteroatoms. The van der Waals surface area contributed by atoms with Gasteiger partial charge in [-0.25, -0.2) is 0 Å². The Morgan fingerprint density at radius 1 is 0.964 bits per heavy atom. The number of carbonyl (C=O) groups is 2. The van der Waals surface area contributed by atoms with Gasteiger partial charge in [-0.1, -0.05) is 49.4 Å². The zero-order valence-corrected chi connectivity index (χ0v) is 17.3. The van der Waals surface area contributed by atoms with Crippen LogP contribution in [0.1, 0.15) is 38.3 Å². The van der Waals surface area contributed by atoms with Crippen molar-refractivity contribution in [3.05, 3.63) is 70.6 Å². The molecule has 0 unspecified atom stereocenters. The summed E-state index contributed by atoms with van der Waals surface area (Å²) < 4.78 is 5.63. The van der Waals surface area contributed by atoms with Crippen LogP contribution in [0.3, 0.4) is 0 Å². The van der Waals surface area contributed by atoms with E-state index in [0.717, 1.165) is 23.3 Å². The number of carbonyl (C=O) groups excluding carboxylic acids is 2. The normalized spacial score (nSPS) is 14.4. The van der Waals surface area contributed by atoms with Gasteiger partial charge >= 0.3 is 0 Å². The molecular formula is C23H25NO3S. The van der Waals surface area contributed by atoms with E-state index >= 15 is 0 Å². The molecule has 0 N–H and O–H groups in total. The van der Waals surface area contributed by atoms with Gasteiger partial charge < -0.3 is 4.74 Å². The van der Waals surface area contributed by atoms with Crippen molar-refractivity contribution in [2.75, 3.05) is 6.61 Å². The van der Waals surface area contributed by atoms with Crippen LogP contribution in [0.4, 0.5) is 0 Å². The maximum absolute atomic E-state index is 13.0. The molecule has 28 heavy (non-hydrogen) atoms. The van der Waals surface area contributed by atoms with Gasteiger partial charge in [-0.15, -0.1) is 11.8 Å². The monoisotopic (exact) mass is 395 g/mol. The molecule has 0 bridgehead atoms. The van der Waals surface area contributed by atoms with E-state index in [9.17, 15) is 9.59 Å². The van der Waals surface area contributed by atoms with Gasteiger partial charge in [-0.05, 0) is 43.5 Å². The van der Waals surface area contributed by atoms with E-state index < -0.39 is 0 Å². The van der Waals surface area contributed by atoms with Crippen LogP contribution >= 0.6 is 11.8 Å². The average Bonchev–Trinajstić information content (AvgIpc) is 2.95. The second-order valence-corrected chi connectivity index (χ2v) is 7.91. The van der Waals surface area contributed by atoms with Crippen molar-refractivity contribution in [2.24, 2.45) is 0 Å². The number of imide groups is 1. The average molecular weight is 396 g/mol. The zero-order valence-electron chi connectivity index (χ0n) is 16.5. The molecule has 1 aliphatic heterocycles. The molecule has 0 atom stereocenters. The fraction of sp³-hybridized carbons (Fsp3) is 0.304. The molecule has 0 fully saturated rings. The lowest BCUT2D eigenvalue weighted by molar-refractivity contribution is -0.138. The van der Waals surface area contributed by atoms with Crippen molar-refractivity contribution in [3.8, 4) is 5.75 Å². The number of amides is 2. The Morgan fingerprint density at radius 2 is 1.64 bits per heavy atom. The summed E-state index contributed by atoms with van der Waals surface area (Å²) in [6.07, 6.45) is 0.934. The molecule has 0 aliphatic carbocycles. The summed E-state index contributed by atoms with van der Waals surface area (Å²) in [5, 5.41) is 0. The van der Waals surface area contributed by atoms with Gasteiger partial charge in [0, 0.05) is 11.8 Å². The highest BCUT2D eigenvalue weighted by molar-refractivity contribution is 8.03. The summed E-state index contributed by atoms with van der Waals surface area (Å²) in [6, 6.07) is 17.2. The van der Waals surface area contributed by atoms with Gasteiger partial charge in [-0.3, -0.25) is 14.5 Å². The first-order chi connectivity index (χ1) is 13.5. The standard InChI is InChI=1S/C23H25NO3S/c1-4-14-27-19-12-10-18(11-13-19)20-21(23(26)24(16(2)3)22(20)25)28-15-17-8-6-5-7-9-17/h5-13,16H,4,14-15H2,1-3H3.